The molecule has 0 aliphatic heterocycles. The molecule has 0 saturated heterocycles. The van der Waals surface area contributed by atoms with Gasteiger partial charge >= 0.3 is 5.97 Å². The Kier molecular flexibility index (Phi) is 6.96. The maximum Gasteiger partial charge on any atom is 0.316 e. The number of hydrogen-bond acceptors (Lipinski definition) is 3. The van der Waals surface area contributed by atoms with E-state index in [-0.39, 0.29) is 11.9 Å². The van der Waals surface area contributed by atoms with Crippen molar-refractivity contribution in [2.24, 2.45) is 0 Å². The summed E-state index contributed by atoms with van der Waals surface area (Å²) in [4.78, 5) is 21.9. The second-order valence-electron chi connectivity index (χ2n) is 3.76. The van der Waals surface area contributed by atoms with Gasteiger partial charge in [0.15, 0.2) is 0 Å². The highest BCUT2D eigenvalue weighted by molar-refractivity contribution is 7.87. The van der Waals surface area contributed by atoms with Gasteiger partial charge in [-0.25, -0.2) is 0 Å². The number of carbonyl (C=O) groups excluding carboxylic acids is 1. The van der Waals surface area contributed by atoms with Crippen LogP contribution >= 0.6 is 0 Å². The number of rotatable bonds is 7. The first kappa shape index (κ1) is 15.1. The second kappa shape index (κ2) is 7.38. The highest BCUT2D eigenvalue weighted by atomic mass is 32.2. The summed E-state index contributed by atoms with van der Waals surface area (Å²) in [7, 11) is -1.66. The van der Waals surface area contributed by atoms with Crippen molar-refractivity contribution in [3.05, 3.63) is 0 Å². The normalized spacial score (nSPS) is 16.2. The van der Waals surface area contributed by atoms with E-state index in [0.29, 0.717) is 0 Å². The Bertz CT molecular complexity index is 280. The summed E-state index contributed by atoms with van der Waals surface area (Å²) in [6.07, 6.45) is 1.80. The molecule has 3 atom stereocenters. The van der Waals surface area contributed by atoms with E-state index in [2.05, 4.69) is 5.32 Å². The van der Waals surface area contributed by atoms with Gasteiger partial charge in [0, 0.05) is 16.8 Å². The van der Waals surface area contributed by atoms with Crippen molar-refractivity contribution in [1.29, 1.82) is 0 Å². The first-order chi connectivity index (χ1) is 7.38. The van der Waals surface area contributed by atoms with Crippen LogP contribution in [0.15, 0.2) is 0 Å². The number of carboxylic acid groups (broad SMARTS) is 1. The summed E-state index contributed by atoms with van der Waals surface area (Å²) >= 11 is 0. The Morgan fingerprint density at radius 2 is 1.94 bits per heavy atom. The van der Waals surface area contributed by atoms with Crippen LogP contribution in [0, 0.1) is 0 Å². The van der Waals surface area contributed by atoms with Crippen LogP contribution < -0.4 is 5.32 Å². The van der Waals surface area contributed by atoms with Crippen molar-refractivity contribution >= 4 is 22.7 Å². The van der Waals surface area contributed by atoms with Crippen molar-refractivity contribution in [2.45, 2.75) is 44.9 Å². The van der Waals surface area contributed by atoms with Crippen molar-refractivity contribution in [1.82, 2.24) is 5.32 Å². The van der Waals surface area contributed by atoms with Crippen LogP contribution in [0.2, 0.25) is 0 Å². The van der Waals surface area contributed by atoms with Crippen LogP contribution in [0.3, 0.4) is 0 Å². The molecule has 0 rings (SSSR count). The summed E-state index contributed by atoms with van der Waals surface area (Å²) in [5, 5.41) is 10.4. The lowest BCUT2D eigenvalue weighted by atomic mass is 10.2. The molecule has 94 valence electrons. The molecule has 3 unspecified atom stereocenters. The number of hydrogen-bond donors (Lipinski definition) is 2. The van der Waals surface area contributed by atoms with E-state index in [1.54, 1.807) is 0 Å². The lowest BCUT2D eigenvalue weighted by molar-refractivity contribution is -0.133. The standard InChI is InChI=1S/C10H19NO4S/c1-4-5-7(2)11-10(14)8(3)16(15)6-9(12)13/h7-8H,4-6H2,1-3H3,(H,11,14)(H,12,13). The number of aliphatic carboxylic acids is 1. The van der Waals surface area contributed by atoms with Gasteiger partial charge in [-0.2, -0.15) is 0 Å². The van der Waals surface area contributed by atoms with Gasteiger partial charge in [-0.15, -0.1) is 0 Å². The molecule has 0 aliphatic rings. The molecule has 0 aromatic rings. The summed E-state index contributed by atoms with van der Waals surface area (Å²) in [5.74, 6) is -1.99. The molecular formula is C10H19NO4S. The quantitative estimate of drug-likeness (QED) is 0.688. The van der Waals surface area contributed by atoms with E-state index in [9.17, 15) is 13.8 Å². The molecule has 0 aliphatic carbocycles. The minimum Gasteiger partial charge on any atom is -0.481 e. The van der Waals surface area contributed by atoms with E-state index in [0.717, 1.165) is 12.8 Å². The molecule has 0 saturated carbocycles. The highest BCUT2D eigenvalue weighted by Crippen LogP contribution is 2.00. The Morgan fingerprint density at radius 1 is 1.38 bits per heavy atom. The molecule has 0 aromatic carbocycles. The summed E-state index contributed by atoms with van der Waals surface area (Å²) in [6.45, 7) is 5.36. The summed E-state index contributed by atoms with van der Waals surface area (Å²) < 4.78 is 11.4. The fourth-order valence-electron chi connectivity index (χ4n) is 1.23. The lowest BCUT2D eigenvalue weighted by Crippen LogP contribution is -2.41. The van der Waals surface area contributed by atoms with Gasteiger partial charge in [-0.3, -0.25) is 13.8 Å². The number of nitrogens with one attached hydrogen (secondary N) is 1. The predicted molar refractivity (Wildman–Crippen MR) is 62.6 cm³/mol. The molecule has 0 spiro atoms. The van der Waals surface area contributed by atoms with E-state index in [1.807, 2.05) is 13.8 Å². The fourth-order valence-corrected chi connectivity index (χ4v) is 2.03. The Balaban J connectivity index is 4.17. The van der Waals surface area contributed by atoms with Crippen LogP contribution in [0.5, 0.6) is 0 Å². The number of amides is 1. The van der Waals surface area contributed by atoms with Gasteiger partial charge in [-0.05, 0) is 20.3 Å². The number of carbonyl (C=O) groups is 2. The van der Waals surface area contributed by atoms with Gasteiger partial charge < -0.3 is 10.4 Å². The van der Waals surface area contributed by atoms with Crippen molar-refractivity contribution in [2.75, 3.05) is 5.75 Å². The molecular weight excluding hydrogens is 230 g/mol. The Labute approximate surface area is 98.1 Å². The van der Waals surface area contributed by atoms with Crippen LogP contribution in [0.25, 0.3) is 0 Å². The van der Waals surface area contributed by atoms with Crippen LogP contribution in [-0.2, 0) is 20.4 Å². The van der Waals surface area contributed by atoms with Gasteiger partial charge in [0.05, 0.1) is 0 Å². The van der Waals surface area contributed by atoms with Gasteiger partial charge in [0.1, 0.15) is 11.0 Å². The zero-order valence-corrected chi connectivity index (χ0v) is 10.7. The summed E-state index contributed by atoms with van der Waals surface area (Å²) in [5.41, 5.74) is 0. The smallest absolute Gasteiger partial charge is 0.316 e. The fraction of sp³-hybridized carbons (Fsp3) is 0.800. The first-order valence-corrected chi connectivity index (χ1v) is 6.66. The van der Waals surface area contributed by atoms with Gasteiger partial charge in [-0.1, -0.05) is 13.3 Å². The second-order valence-corrected chi connectivity index (χ2v) is 5.52. The maximum absolute atomic E-state index is 11.6. The average Bonchev–Trinajstić information content (AvgIpc) is 2.15. The third-order valence-electron chi connectivity index (χ3n) is 2.14. The monoisotopic (exact) mass is 249 g/mol. The lowest BCUT2D eigenvalue weighted by Gasteiger charge is -2.16. The zero-order valence-electron chi connectivity index (χ0n) is 9.86. The predicted octanol–water partition coefficient (Wildman–Crippen LogP) is 0.513. The molecule has 0 bridgehead atoms. The third kappa shape index (κ3) is 5.85. The van der Waals surface area contributed by atoms with Crippen LogP contribution in [-0.4, -0.2) is 38.2 Å². The van der Waals surface area contributed by atoms with Crippen LogP contribution in [0.4, 0.5) is 0 Å². The van der Waals surface area contributed by atoms with E-state index in [1.165, 1.54) is 6.92 Å². The topological polar surface area (TPSA) is 83.5 Å². The van der Waals surface area contributed by atoms with E-state index in [4.69, 9.17) is 5.11 Å². The highest BCUT2D eigenvalue weighted by Gasteiger charge is 2.22. The maximum atomic E-state index is 11.6. The molecule has 16 heavy (non-hydrogen) atoms. The molecule has 5 nitrogen and oxygen atoms in total. The number of carboxylic acids is 1. The van der Waals surface area contributed by atoms with Crippen LogP contribution in [0.1, 0.15) is 33.6 Å². The molecule has 0 heterocycles. The summed E-state index contributed by atoms with van der Waals surface area (Å²) in [6, 6.07) is 0.0294. The molecule has 2 N–H and O–H groups in total. The third-order valence-corrected chi connectivity index (χ3v) is 3.67. The minimum absolute atomic E-state index is 0.0294. The molecule has 0 radical (unpaired) electrons. The Hall–Kier alpha value is -0.910. The van der Waals surface area contributed by atoms with E-state index >= 15 is 0 Å². The first-order valence-electron chi connectivity index (χ1n) is 5.27. The SMILES string of the molecule is CCCC(C)NC(=O)C(C)S(=O)CC(=O)O. The van der Waals surface area contributed by atoms with Crippen molar-refractivity contribution in [3.8, 4) is 0 Å². The minimum atomic E-state index is -1.66. The van der Waals surface area contributed by atoms with Gasteiger partial charge in [0.2, 0.25) is 5.91 Å². The average molecular weight is 249 g/mol. The molecule has 1 amide bonds. The molecule has 0 aromatic heterocycles. The van der Waals surface area contributed by atoms with Crippen molar-refractivity contribution < 1.29 is 18.9 Å². The largest absolute Gasteiger partial charge is 0.481 e. The van der Waals surface area contributed by atoms with E-state index < -0.39 is 27.8 Å². The van der Waals surface area contributed by atoms with Crippen molar-refractivity contribution in [3.63, 3.8) is 0 Å². The molecule has 6 heteroatoms. The zero-order chi connectivity index (χ0) is 12.7. The Morgan fingerprint density at radius 3 is 2.38 bits per heavy atom. The van der Waals surface area contributed by atoms with Gasteiger partial charge in [0.25, 0.3) is 0 Å². The molecule has 0 fully saturated rings.